The van der Waals surface area contributed by atoms with Crippen molar-refractivity contribution in [2.75, 3.05) is 13.2 Å². The van der Waals surface area contributed by atoms with Gasteiger partial charge in [0.05, 0.1) is 17.2 Å². The van der Waals surface area contributed by atoms with Crippen LogP contribution < -0.4 is 4.74 Å². The number of rotatable bonds is 7. The van der Waals surface area contributed by atoms with Crippen molar-refractivity contribution >= 4 is 45.4 Å². The van der Waals surface area contributed by atoms with E-state index in [2.05, 4.69) is 45.0 Å². The molecule has 0 atom stereocenters. The Hall–Kier alpha value is -3.05. The first kappa shape index (κ1) is 23.1. The zero-order chi connectivity index (χ0) is 23.4. The number of hydrogen-bond donors (Lipinski definition) is 0. The summed E-state index contributed by atoms with van der Waals surface area (Å²) in [5, 5.41) is 2.88. The number of fused-ring (bicyclic) bond motifs is 1. The van der Waals surface area contributed by atoms with Gasteiger partial charge in [0.25, 0.3) is 5.91 Å². The standard InChI is InChI=1S/C28H30N2O2S/c1-5-7-17-32-24-16-15-21(22-13-8-9-14-23(22)24)18-25-27(31)30(6-2)28(33-25)29-26-19(3)11-10-12-20(26)4/h8-16,18H,5-7,17H2,1-4H3/b25-18+,29-28?. The van der Waals surface area contributed by atoms with Crippen LogP contribution in [0.4, 0.5) is 5.69 Å². The molecule has 3 aromatic carbocycles. The SMILES string of the molecule is CCCCOc1ccc(/C=C2/SC(=Nc3c(C)cccc3C)N(CC)C2=O)c2ccccc12. The van der Waals surface area contributed by atoms with Crippen molar-refractivity contribution in [3.8, 4) is 5.75 Å². The number of aliphatic imine (C=N–C) groups is 1. The van der Waals surface area contributed by atoms with Crippen molar-refractivity contribution in [3.63, 3.8) is 0 Å². The van der Waals surface area contributed by atoms with E-state index in [1.165, 1.54) is 11.8 Å². The Morgan fingerprint density at radius 3 is 2.39 bits per heavy atom. The molecule has 1 heterocycles. The highest BCUT2D eigenvalue weighted by Crippen LogP contribution is 2.37. The van der Waals surface area contributed by atoms with E-state index in [4.69, 9.17) is 9.73 Å². The number of aryl methyl sites for hydroxylation is 2. The molecule has 3 aromatic rings. The second-order valence-corrected chi connectivity index (χ2v) is 9.20. The van der Waals surface area contributed by atoms with Crippen LogP contribution in [0.15, 0.2) is 64.5 Å². The fraction of sp³-hybridized carbons (Fsp3) is 0.286. The number of thioether (sulfide) groups is 1. The minimum atomic E-state index is -0.000148. The lowest BCUT2D eigenvalue weighted by Crippen LogP contribution is -2.28. The van der Waals surface area contributed by atoms with Crippen LogP contribution in [0.2, 0.25) is 0 Å². The Morgan fingerprint density at radius 1 is 0.970 bits per heavy atom. The summed E-state index contributed by atoms with van der Waals surface area (Å²) in [5.74, 6) is 0.888. The van der Waals surface area contributed by atoms with Crippen LogP contribution in [0, 0.1) is 13.8 Å². The van der Waals surface area contributed by atoms with Gasteiger partial charge in [-0.15, -0.1) is 0 Å². The molecule has 4 nitrogen and oxygen atoms in total. The summed E-state index contributed by atoms with van der Waals surface area (Å²) >= 11 is 1.44. The van der Waals surface area contributed by atoms with Crippen LogP contribution in [0.25, 0.3) is 16.8 Å². The topological polar surface area (TPSA) is 41.9 Å². The molecule has 0 aromatic heterocycles. The Labute approximate surface area is 200 Å². The summed E-state index contributed by atoms with van der Waals surface area (Å²) in [4.78, 5) is 20.6. The van der Waals surface area contributed by atoms with Gasteiger partial charge in [-0.3, -0.25) is 9.69 Å². The fourth-order valence-electron chi connectivity index (χ4n) is 3.96. The van der Waals surface area contributed by atoms with Gasteiger partial charge in [-0.25, -0.2) is 4.99 Å². The third-order valence-electron chi connectivity index (χ3n) is 5.81. The lowest BCUT2D eigenvalue weighted by atomic mass is 10.0. The van der Waals surface area contributed by atoms with Crippen molar-refractivity contribution in [2.45, 2.75) is 40.5 Å². The smallest absolute Gasteiger partial charge is 0.266 e. The summed E-state index contributed by atoms with van der Waals surface area (Å²) in [7, 11) is 0. The molecule has 1 aliphatic rings. The van der Waals surface area contributed by atoms with Gasteiger partial charge in [-0.1, -0.05) is 61.9 Å². The van der Waals surface area contributed by atoms with Crippen molar-refractivity contribution in [1.29, 1.82) is 0 Å². The van der Waals surface area contributed by atoms with E-state index < -0.39 is 0 Å². The van der Waals surface area contributed by atoms with Gasteiger partial charge in [0.15, 0.2) is 5.17 Å². The highest BCUT2D eigenvalue weighted by Gasteiger charge is 2.32. The van der Waals surface area contributed by atoms with Crippen LogP contribution >= 0.6 is 11.8 Å². The van der Waals surface area contributed by atoms with E-state index in [1.807, 2.05) is 43.3 Å². The maximum atomic E-state index is 13.2. The molecule has 1 saturated heterocycles. The molecule has 0 N–H and O–H groups in total. The van der Waals surface area contributed by atoms with Crippen molar-refractivity contribution < 1.29 is 9.53 Å². The minimum absolute atomic E-state index is 0.000148. The summed E-state index contributed by atoms with van der Waals surface area (Å²) in [6, 6.07) is 18.4. The molecule has 1 amide bonds. The van der Waals surface area contributed by atoms with Crippen LogP contribution in [0.3, 0.4) is 0 Å². The Kier molecular flexibility index (Phi) is 7.19. The van der Waals surface area contributed by atoms with E-state index in [1.54, 1.807) is 4.90 Å². The van der Waals surface area contributed by atoms with Crippen LogP contribution in [0.1, 0.15) is 43.4 Å². The third-order valence-corrected chi connectivity index (χ3v) is 6.82. The highest BCUT2D eigenvalue weighted by atomic mass is 32.2. The van der Waals surface area contributed by atoms with Crippen LogP contribution in [-0.4, -0.2) is 29.1 Å². The maximum Gasteiger partial charge on any atom is 0.266 e. The number of amides is 1. The summed E-state index contributed by atoms with van der Waals surface area (Å²) < 4.78 is 6.03. The highest BCUT2D eigenvalue weighted by molar-refractivity contribution is 8.18. The van der Waals surface area contributed by atoms with E-state index in [0.29, 0.717) is 18.1 Å². The minimum Gasteiger partial charge on any atom is -0.493 e. The largest absolute Gasteiger partial charge is 0.493 e. The molecule has 5 heteroatoms. The lowest BCUT2D eigenvalue weighted by Gasteiger charge is -2.13. The predicted octanol–water partition coefficient (Wildman–Crippen LogP) is 7.26. The molecule has 0 aliphatic carbocycles. The first-order valence-corrected chi connectivity index (χ1v) is 12.4. The molecule has 1 fully saturated rings. The number of para-hydroxylation sites is 1. The monoisotopic (exact) mass is 458 g/mol. The van der Waals surface area contributed by atoms with E-state index in [-0.39, 0.29) is 5.91 Å². The van der Waals surface area contributed by atoms with Gasteiger partial charge < -0.3 is 4.74 Å². The number of hydrogen-bond acceptors (Lipinski definition) is 4. The first-order chi connectivity index (χ1) is 16.0. The molecule has 0 saturated carbocycles. The average molecular weight is 459 g/mol. The molecule has 0 spiro atoms. The van der Waals surface area contributed by atoms with Crippen LogP contribution in [-0.2, 0) is 4.79 Å². The quantitative estimate of drug-likeness (QED) is 0.276. The second kappa shape index (κ2) is 10.3. The zero-order valence-electron chi connectivity index (χ0n) is 19.7. The van der Waals surface area contributed by atoms with Crippen molar-refractivity contribution in [2.24, 2.45) is 4.99 Å². The van der Waals surface area contributed by atoms with Crippen molar-refractivity contribution in [3.05, 3.63) is 76.2 Å². The summed E-state index contributed by atoms with van der Waals surface area (Å²) in [6.45, 7) is 9.54. The Bertz CT molecular complexity index is 1230. The number of unbranched alkanes of at least 4 members (excludes halogenated alkanes) is 1. The maximum absolute atomic E-state index is 13.2. The van der Waals surface area contributed by atoms with Crippen molar-refractivity contribution in [1.82, 2.24) is 4.90 Å². The zero-order valence-corrected chi connectivity index (χ0v) is 20.5. The predicted molar refractivity (Wildman–Crippen MR) is 140 cm³/mol. The fourth-order valence-corrected chi connectivity index (χ4v) is 5.00. The second-order valence-electron chi connectivity index (χ2n) is 8.20. The molecule has 4 rings (SSSR count). The van der Waals surface area contributed by atoms with Gasteiger partial charge in [0.1, 0.15) is 5.75 Å². The summed E-state index contributed by atoms with van der Waals surface area (Å²) in [5.41, 5.74) is 4.16. The molecule has 0 radical (unpaired) electrons. The Morgan fingerprint density at radius 2 is 1.70 bits per heavy atom. The summed E-state index contributed by atoms with van der Waals surface area (Å²) in [6.07, 6.45) is 4.11. The molecule has 0 unspecified atom stereocenters. The Balaban J connectivity index is 1.72. The van der Waals surface area contributed by atoms with E-state index in [0.717, 1.165) is 56.9 Å². The number of amidine groups is 1. The number of carbonyl (C=O) groups excluding carboxylic acids is 1. The van der Waals surface area contributed by atoms with E-state index >= 15 is 0 Å². The number of ether oxygens (including phenoxy) is 1. The molecular formula is C28H30N2O2S. The number of nitrogens with zero attached hydrogens (tertiary/aromatic N) is 2. The number of benzene rings is 3. The average Bonchev–Trinajstić information content (AvgIpc) is 3.11. The van der Waals surface area contributed by atoms with Gasteiger partial charge in [0.2, 0.25) is 0 Å². The van der Waals surface area contributed by atoms with Crippen LogP contribution in [0.5, 0.6) is 5.75 Å². The number of carbonyl (C=O) groups is 1. The normalized spacial score (nSPS) is 16.4. The van der Waals surface area contributed by atoms with Gasteiger partial charge in [-0.05, 0) is 73.2 Å². The molecule has 170 valence electrons. The first-order valence-electron chi connectivity index (χ1n) is 11.5. The molecule has 1 aliphatic heterocycles. The van der Waals surface area contributed by atoms with E-state index in [9.17, 15) is 4.79 Å². The molecule has 0 bridgehead atoms. The van der Waals surface area contributed by atoms with Gasteiger partial charge in [-0.2, -0.15) is 0 Å². The third kappa shape index (κ3) is 4.83. The van der Waals surface area contributed by atoms with Gasteiger partial charge >= 0.3 is 0 Å². The number of likely N-dealkylation sites (N-methyl/N-ethyl adjacent to an activating group) is 1. The molecular weight excluding hydrogens is 428 g/mol. The lowest BCUT2D eigenvalue weighted by molar-refractivity contribution is -0.122. The molecule has 33 heavy (non-hydrogen) atoms. The van der Waals surface area contributed by atoms with Gasteiger partial charge in [0, 0.05) is 11.9 Å².